The van der Waals surface area contributed by atoms with Gasteiger partial charge in [-0.3, -0.25) is 4.79 Å². The first-order valence-corrected chi connectivity index (χ1v) is 7.93. The number of rotatable bonds is 5. The lowest BCUT2D eigenvalue weighted by atomic mass is 10.1. The molecule has 1 heterocycles. The molecule has 1 aromatic heterocycles. The van der Waals surface area contributed by atoms with Gasteiger partial charge in [-0.1, -0.05) is 30.3 Å². The minimum atomic E-state index is -0.140. The van der Waals surface area contributed by atoms with E-state index in [-0.39, 0.29) is 12.3 Å². The summed E-state index contributed by atoms with van der Waals surface area (Å²) in [6.07, 6.45) is 0.153. The van der Waals surface area contributed by atoms with Crippen LogP contribution in [0.4, 0.5) is 0 Å². The Balaban J connectivity index is 1.63. The molecule has 25 heavy (non-hydrogen) atoms. The van der Waals surface area contributed by atoms with Gasteiger partial charge in [-0.15, -0.1) is 0 Å². The van der Waals surface area contributed by atoms with Crippen LogP contribution in [0.15, 0.2) is 59.0 Å². The number of benzene rings is 2. The summed E-state index contributed by atoms with van der Waals surface area (Å²) < 4.78 is 5.67. The largest absolute Gasteiger partial charge is 0.441 e. The van der Waals surface area contributed by atoms with E-state index in [0.717, 1.165) is 11.1 Å². The molecule has 5 heteroatoms. The summed E-state index contributed by atoms with van der Waals surface area (Å²) in [5.41, 5.74) is 2.97. The lowest BCUT2D eigenvalue weighted by Gasteiger charge is -2.04. The van der Waals surface area contributed by atoms with Crippen LogP contribution in [0.2, 0.25) is 0 Å². The molecule has 3 rings (SSSR count). The Morgan fingerprint density at radius 3 is 2.76 bits per heavy atom. The Bertz CT molecular complexity index is 924. The highest BCUT2D eigenvalue weighted by molar-refractivity contribution is 5.78. The van der Waals surface area contributed by atoms with E-state index in [4.69, 9.17) is 9.68 Å². The van der Waals surface area contributed by atoms with Crippen LogP contribution in [-0.2, 0) is 17.8 Å². The molecule has 0 spiro atoms. The van der Waals surface area contributed by atoms with Crippen molar-refractivity contribution in [3.63, 3.8) is 0 Å². The maximum absolute atomic E-state index is 12.2. The number of hydrogen-bond acceptors (Lipinski definition) is 4. The number of nitrogens with zero attached hydrogens (tertiary/aromatic N) is 2. The van der Waals surface area contributed by atoms with Crippen LogP contribution >= 0.6 is 0 Å². The van der Waals surface area contributed by atoms with Gasteiger partial charge < -0.3 is 9.73 Å². The average Bonchev–Trinajstić information content (AvgIpc) is 3.01. The smallest absolute Gasteiger partial charge is 0.226 e. The maximum atomic E-state index is 12.2. The number of carbonyl (C=O) groups excluding carboxylic acids is 1. The fourth-order valence-electron chi connectivity index (χ4n) is 2.46. The number of carbonyl (C=O) groups is 1. The van der Waals surface area contributed by atoms with Crippen LogP contribution in [0.5, 0.6) is 0 Å². The molecule has 5 nitrogen and oxygen atoms in total. The van der Waals surface area contributed by atoms with Crippen molar-refractivity contribution in [3.05, 3.63) is 77.2 Å². The fourth-order valence-corrected chi connectivity index (χ4v) is 2.46. The van der Waals surface area contributed by atoms with E-state index < -0.39 is 0 Å². The van der Waals surface area contributed by atoms with Crippen LogP contribution in [0.25, 0.3) is 11.5 Å². The maximum Gasteiger partial charge on any atom is 0.226 e. The molecule has 3 aromatic rings. The number of aromatic nitrogens is 1. The van der Waals surface area contributed by atoms with Gasteiger partial charge in [-0.05, 0) is 36.8 Å². The Morgan fingerprint density at radius 2 is 2.00 bits per heavy atom. The molecule has 0 unspecified atom stereocenters. The molecule has 0 aliphatic heterocycles. The molecule has 0 fully saturated rings. The van der Waals surface area contributed by atoms with Gasteiger partial charge in [-0.2, -0.15) is 5.26 Å². The van der Waals surface area contributed by atoms with Crippen molar-refractivity contribution < 1.29 is 9.21 Å². The second-order valence-corrected chi connectivity index (χ2v) is 5.65. The summed E-state index contributed by atoms with van der Waals surface area (Å²) in [4.78, 5) is 16.6. The number of amides is 1. The third kappa shape index (κ3) is 4.12. The summed E-state index contributed by atoms with van der Waals surface area (Å²) in [6, 6.07) is 18.8. The monoisotopic (exact) mass is 331 g/mol. The van der Waals surface area contributed by atoms with Gasteiger partial charge in [0.25, 0.3) is 0 Å². The van der Waals surface area contributed by atoms with Crippen LogP contribution < -0.4 is 5.32 Å². The molecule has 0 bridgehead atoms. The quantitative estimate of drug-likeness (QED) is 0.777. The summed E-state index contributed by atoms with van der Waals surface area (Å²) in [5.74, 6) is 1.02. The molecule has 0 aliphatic carbocycles. The second-order valence-electron chi connectivity index (χ2n) is 5.65. The predicted octanol–water partition coefficient (Wildman–Crippen LogP) is 3.38. The van der Waals surface area contributed by atoms with E-state index in [1.165, 1.54) is 0 Å². The van der Waals surface area contributed by atoms with Crippen molar-refractivity contribution in [2.45, 2.75) is 19.9 Å². The molecule has 0 saturated carbocycles. The Morgan fingerprint density at radius 1 is 1.20 bits per heavy atom. The number of nitrogens with one attached hydrogen (secondary N) is 1. The molecule has 0 aliphatic rings. The van der Waals surface area contributed by atoms with Gasteiger partial charge in [0, 0.05) is 12.1 Å². The van der Waals surface area contributed by atoms with Crippen LogP contribution in [-0.4, -0.2) is 10.9 Å². The van der Waals surface area contributed by atoms with Gasteiger partial charge in [0.15, 0.2) is 0 Å². The van der Waals surface area contributed by atoms with Crippen LogP contribution in [0, 0.1) is 18.3 Å². The number of hydrogen-bond donors (Lipinski definition) is 1. The van der Waals surface area contributed by atoms with Crippen molar-refractivity contribution in [2.75, 3.05) is 0 Å². The zero-order valence-corrected chi connectivity index (χ0v) is 13.8. The minimum absolute atomic E-state index is 0.140. The third-order valence-electron chi connectivity index (χ3n) is 3.79. The van der Waals surface area contributed by atoms with E-state index in [1.807, 2.05) is 36.4 Å². The standard InChI is InChI=1S/C20H17N3O2/c1-14-18(23-20(25-14)17-8-3-2-4-9-17)11-19(24)22-13-16-7-5-6-15(10-16)12-21/h2-10H,11,13H2,1H3,(H,22,24). The predicted molar refractivity (Wildman–Crippen MR) is 93.4 cm³/mol. The molecule has 1 amide bonds. The summed E-state index contributed by atoms with van der Waals surface area (Å²) >= 11 is 0. The lowest BCUT2D eigenvalue weighted by Crippen LogP contribution is -2.25. The van der Waals surface area contributed by atoms with Gasteiger partial charge in [0.2, 0.25) is 11.8 Å². The molecule has 0 radical (unpaired) electrons. The van der Waals surface area contributed by atoms with Gasteiger partial charge in [0.1, 0.15) is 5.76 Å². The zero-order chi connectivity index (χ0) is 17.6. The first-order valence-electron chi connectivity index (χ1n) is 7.93. The first-order chi connectivity index (χ1) is 12.2. The fraction of sp³-hybridized carbons (Fsp3) is 0.150. The minimum Gasteiger partial charge on any atom is -0.441 e. The van der Waals surface area contributed by atoms with E-state index in [1.54, 1.807) is 25.1 Å². The lowest BCUT2D eigenvalue weighted by molar-refractivity contribution is -0.120. The molecule has 2 aromatic carbocycles. The summed E-state index contributed by atoms with van der Waals surface area (Å²) in [7, 11) is 0. The zero-order valence-electron chi connectivity index (χ0n) is 13.8. The van der Waals surface area contributed by atoms with Crippen molar-refractivity contribution in [1.29, 1.82) is 5.26 Å². The van der Waals surface area contributed by atoms with Gasteiger partial charge >= 0.3 is 0 Å². The highest BCUT2D eigenvalue weighted by Crippen LogP contribution is 2.21. The Hall–Kier alpha value is -3.39. The molecule has 124 valence electrons. The number of oxazole rings is 1. The Labute approximate surface area is 145 Å². The van der Waals surface area contributed by atoms with Crippen molar-refractivity contribution >= 4 is 5.91 Å². The van der Waals surface area contributed by atoms with Gasteiger partial charge in [-0.25, -0.2) is 4.98 Å². The topological polar surface area (TPSA) is 78.9 Å². The van der Waals surface area contributed by atoms with Crippen molar-refractivity contribution in [2.24, 2.45) is 0 Å². The van der Waals surface area contributed by atoms with E-state index in [2.05, 4.69) is 16.4 Å². The SMILES string of the molecule is Cc1oc(-c2ccccc2)nc1CC(=O)NCc1cccc(C#N)c1. The molecule has 1 N–H and O–H groups in total. The Kier molecular flexibility index (Phi) is 4.91. The van der Waals surface area contributed by atoms with Crippen LogP contribution in [0.3, 0.4) is 0 Å². The van der Waals surface area contributed by atoms with Crippen molar-refractivity contribution in [1.82, 2.24) is 10.3 Å². The average molecular weight is 331 g/mol. The van der Waals surface area contributed by atoms with E-state index in [0.29, 0.717) is 29.5 Å². The highest BCUT2D eigenvalue weighted by Gasteiger charge is 2.14. The summed E-state index contributed by atoms with van der Waals surface area (Å²) in [5, 5.41) is 11.8. The summed E-state index contributed by atoms with van der Waals surface area (Å²) in [6.45, 7) is 2.18. The van der Waals surface area contributed by atoms with E-state index >= 15 is 0 Å². The molecular formula is C20H17N3O2. The van der Waals surface area contributed by atoms with E-state index in [9.17, 15) is 4.79 Å². The first kappa shape index (κ1) is 16.5. The van der Waals surface area contributed by atoms with Crippen LogP contribution in [0.1, 0.15) is 22.6 Å². The molecule has 0 saturated heterocycles. The van der Waals surface area contributed by atoms with Crippen molar-refractivity contribution in [3.8, 4) is 17.5 Å². The normalized spacial score (nSPS) is 10.2. The van der Waals surface area contributed by atoms with Gasteiger partial charge in [0.05, 0.1) is 23.7 Å². The number of nitriles is 1. The highest BCUT2D eigenvalue weighted by atomic mass is 16.4. The molecule has 0 atom stereocenters. The number of aryl methyl sites for hydroxylation is 1. The second kappa shape index (κ2) is 7.45. The third-order valence-corrected chi connectivity index (χ3v) is 3.79. The molecular weight excluding hydrogens is 314 g/mol.